The number of guanidine groups is 1. The van der Waals surface area contributed by atoms with Crippen molar-refractivity contribution in [3.8, 4) is 11.1 Å². The van der Waals surface area contributed by atoms with Gasteiger partial charge in [0.05, 0.1) is 6.04 Å². The summed E-state index contributed by atoms with van der Waals surface area (Å²) in [6.45, 7) is 3.18. The Morgan fingerprint density at radius 3 is 2.51 bits per heavy atom. The number of rotatable bonds is 7. The molecule has 0 spiro atoms. The lowest BCUT2D eigenvalue weighted by molar-refractivity contribution is -0.140. The van der Waals surface area contributed by atoms with Crippen LogP contribution in [0.25, 0.3) is 11.1 Å². The Morgan fingerprint density at radius 2 is 1.90 bits per heavy atom. The van der Waals surface area contributed by atoms with Gasteiger partial charge in [-0.05, 0) is 72.2 Å². The van der Waals surface area contributed by atoms with Gasteiger partial charge < -0.3 is 15.1 Å². The van der Waals surface area contributed by atoms with E-state index in [4.69, 9.17) is 5.41 Å². The summed E-state index contributed by atoms with van der Waals surface area (Å²) in [4.78, 5) is 17.2. The Morgan fingerprint density at radius 1 is 1.15 bits per heavy atom. The van der Waals surface area contributed by atoms with Crippen molar-refractivity contribution in [3.05, 3.63) is 76.4 Å². The summed E-state index contributed by atoms with van der Waals surface area (Å²) in [6.07, 6.45) is -1.54. The van der Waals surface area contributed by atoms with E-state index in [0.29, 0.717) is 30.2 Å². The fourth-order valence-electron chi connectivity index (χ4n) is 5.07. The van der Waals surface area contributed by atoms with E-state index in [0.717, 1.165) is 23.1 Å². The lowest BCUT2D eigenvalue weighted by atomic mass is 9.97. The molecule has 1 saturated heterocycles. The standard InChI is InChI=1S/C28H30F4N6O/c1-16-10-19(6-7-23(16)29)24(18-4-5-18)34-26(39)21-12-17(14-38-9-8-36(2)27(38)33)11-20(13-21)22-15-37(3)35-25(22)28(30,31)32/h6-7,10-13,15,18,24,33H,4-5,8-9,14H2,1-3H3,(H,34,39)/t24-/m0/s1. The number of likely N-dealkylation sites (N-methyl/N-ethyl adjacent to an activating group) is 1. The van der Waals surface area contributed by atoms with Gasteiger partial charge in [-0.15, -0.1) is 0 Å². The maximum atomic E-state index is 13.9. The minimum absolute atomic E-state index is 0.123. The van der Waals surface area contributed by atoms with Gasteiger partial charge in [-0.3, -0.25) is 14.9 Å². The Labute approximate surface area is 223 Å². The van der Waals surface area contributed by atoms with Gasteiger partial charge in [0.2, 0.25) is 0 Å². The van der Waals surface area contributed by atoms with Gasteiger partial charge in [0.15, 0.2) is 11.7 Å². The third kappa shape index (κ3) is 5.62. The van der Waals surface area contributed by atoms with Crippen molar-refractivity contribution in [2.45, 2.75) is 38.5 Å². The molecule has 2 aliphatic rings. The molecular formula is C28H30F4N6O. The smallest absolute Gasteiger partial charge is 0.345 e. The second-order valence-corrected chi connectivity index (χ2v) is 10.4. The molecule has 2 N–H and O–H groups in total. The summed E-state index contributed by atoms with van der Waals surface area (Å²) in [7, 11) is 3.22. The molecule has 2 heterocycles. The van der Waals surface area contributed by atoms with Crippen LogP contribution in [0, 0.1) is 24.1 Å². The van der Waals surface area contributed by atoms with Crippen LogP contribution in [-0.4, -0.2) is 51.6 Å². The van der Waals surface area contributed by atoms with Gasteiger partial charge in [0.1, 0.15) is 5.82 Å². The number of carbonyl (C=O) groups excluding carboxylic acids is 1. The van der Waals surface area contributed by atoms with E-state index in [1.807, 2.05) is 4.90 Å². The lowest BCUT2D eigenvalue weighted by Gasteiger charge is -2.22. The van der Waals surface area contributed by atoms with Crippen LogP contribution in [0.1, 0.15) is 51.6 Å². The first kappa shape index (κ1) is 26.7. The molecule has 2 aromatic carbocycles. The second kappa shape index (κ2) is 10.0. The third-order valence-electron chi connectivity index (χ3n) is 7.32. The number of alkyl halides is 3. The average molecular weight is 543 g/mol. The second-order valence-electron chi connectivity index (χ2n) is 10.4. The van der Waals surface area contributed by atoms with Crippen LogP contribution in [0.3, 0.4) is 0 Å². The fraction of sp³-hybridized carbons (Fsp3) is 0.393. The minimum atomic E-state index is -4.67. The molecular weight excluding hydrogens is 512 g/mol. The molecule has 3 aromatic rings. The first-order valence-corrected chi connectivity index (χ1v) is 12.8. The molecule has 1 saturated carbocycles. The summed E-state index contributed by atoms with van der Waals surface area (Å²) < 4.78 is 56.5. The molecule has 1 aliphatic heterocycles. The van der Waals surface area contributed by atoms with Gasteiger partial charge in [0.25, 0.3) is 5.91 Å². The molecule has 0 radical (unpaired) electrons. The molecule has 206 valence electrons. The highest BCUT2D eigenvalue weighted by molar-refractivity contribution is 5.96. The monoisotopic (exact) mass is 542 g/mol. The van der Waals surface area contributed by atoms with E-state index in [1.54, 1.807) is 43.1 Å². The van der Waals surface area contributed by atoms with E-state index in [9.17, 15) is 22.4 Å². The lowest BCUT2D eigenvalue weighted by Crippen LogP contribution is -2.31. The largest absolute Gasteiger partial charge is 0.435 e. The predicted molar refractivity (Wildman–Crippen MR) is 138 cm³/mol. The van der Waals surface area contributed by atoms with Crippen molar-refractivity contribution in [1.82, 2.24) is 24.9 Å². The van der Waals surface area contributed by atoms with Crippen molar-refractivity contribution in [1.29, 1.82) is 5.41 Å². The Kier molecular flexibility index (Phi) is 6.86. The van der Waals surface area contributed by atoms with E-state index in [2.05, 4.69) is 10.4 Å². The van der Waals surface area contributed by atoms with Crippen molar-refractivity contribution in [2.75, 3.05) is 20.1 Å². The van der Waals surface area contributed by atoms with Gasteiger partial charge in [0, 0.05) is 51.1 Å². The molecule has 1 amide bonds. The summed E-state index contributed by atoms with van der Waals surface area (Å²) in [5.41, 5.74) is 1.16. The van der Waals surface area contributed by atoms with E-state index < -0.39 is 17.8 Å². The highest BCUT2D eigenvalue weighted by atomic mass is 19.4. The van der Waals surface area contributed by atoms with Crippen LogP contribution in [0.5, 0.6) is 0 Å². The fourth-order valence-corrected chi connectivity index (χ4v) is 5.07. The van der Waals surface area contributed by atoms with Crippen LogP contribution in [-0.2, 0) is 19.8 Å². The molecule has 0 unspecified atom stereocenters. The van der Waals surface area contributed by atoms with Crippen molar-refractivity contribution in [2.24, 2.45) is 13.0 Å². The van der Waals surface area contributed by atoms with Crippen LogP contribution in [0.4, 0.5) is 17.6 Å². The van der Waals surface area contributed by atoms with Crippen LogP contribution in [0.15, 0.2) is 42.6 Å². The van der Waals surface area contributed by atoms with Gasteiger partial charge in [-0.1, -0.05) is 12.1 Å². The Balaban J connectivity index is 1.52. The van der Waals surface area contributed by atoms with Gasteiger partial charge in [-0.25, -0.2) is 4.39 Å². The maximum absolute atomic E-state index is 13.9. The van der Waals surface area contributed by atoms with E-state index in [-0.39, 0.29) is 41.0 Å². The average Bonchev–Trinajstić information content (AvgIpc) is 3.57. The minimum Gasteiger partial charge on any atom is -0.345 e. The summed E-state index contributed by atoms with van der Waals surface area (Å²) >= 11 is 0. The van der Waals surface area contributed by atoms with Crippen LogP contribution < -0.4 is 5.32 Å². The summed E-state index contributed by atoms with van der Waals surface area (Å²) in [5, 5.41) is 15.0. The van der Waals surface area contributed by atoms with Gasteiger partial charge in [-0.2, -0.15) is 18.3 Å². The molecule has 2 fully saturated rings. The highest BCUT2D eigenvalue weighted by Crippen LogP contribution is 2.42. The molecule has 39 heavy (non-hydrogen) atoms. The normalized spacial score (nSPS) is 16.6. The zero-order chi connectivity index (χ0) is 28.1. The predicted octanol–water partition coefficient (Wildman–Crippen LogP) is 5.12. The van der Waals surface area contributed by atoms with Crippen LogP contribution in [0.2, 0.25) is 0 Å². The number of benzene rings is 2. The van der Waals surface area contributed by atoms with Crippen LogP contribution >= 0.6 is 0 Å². The first-order valence-electron chi connectivity index (χ1n) is 12.8. The number of halogens is 4. The maximum Gasteiger partial charge on any atom is 0.435 e. The summed E-state index contributed by atoms with van der Waals surface area (Å²) in [6, 6.07) is 9.16. The molecule has 1 atom stereocenters. The SMILES string of the molecule is Cc1cc([C@@H](NC(=O)c2cc(CN3CCN(C)C3=N)cc(-c3cn(C)nc3C(F)(F)F)c2)C2CC2)ccc1F. The van der Waals surface area contributed by atoms with Crippen molar-refractivity contribution >= 4 is 11.9 Å². The molecule has 1 aromatic heterocycles. The number of nitrogens with zero attached hydrogens (tertiary/aromatic N) is 4. The number of aromatic nitrogens is 2. The molecule has 0 bridgehead atoms. The summed E-state index contributed by atoms with van der Waals surface area (Å²) in [5.74, 6) is -0.239. The number of amides is 1. The quantitative estimate of drug-likeness (QED) is 0.407. The zero-order valence-corrected chi connectivity index (χ0v) is 21.9. The number of hydrogen-bond acceptors (Lipinski definition) is 3. The number of aryl methyl sites for hydroxylation is 2. The molecule has 1 aliphatic carbocycles. The Hall–Kier alpha value is -3.89. The number of carbonyl (C=O) groups is 1. The number of nitrogens with one attached hydrogen (secondary N) is 2. The van der Waals surface area contributed by atoms with Crippen molar-refractivity contribution in [3.63, 3.8) is 0 Å². The van der Waals surface area contributed by atoms with E-state index in [1.165, 1.54) is 25.4 Å². The zero-order valence-electron chi connectivity index (χ0n) is 21.9. The van der Waals surface area contributed by atoms with Crippen molar-refractivity contribution < 1.29 is 22.4 Å². The Bertz CT molecular complexity index is 1430. The van der Waals surface area contributed by atoms with Gasteiger partial charge >= 0.3 is 6.18 Å². The highest BCUT2D eigenvalue weighted by Gasteiger charge is 2.38. The molecule has 5 rings (SSSR count). The van der Waals surface area contributed by atoms with E-state index >= 15 is 0 Å². The molecule has 7 nitrogen and oxygen atoms in total. The third-order valence-corrected chi connectivity index (χ3v) is 7.32. The topological polar surface area (TPSA) is 77.3 Å². The number of hydrogen-bond donors (Lipinski definition) is 2. The molecule has 11 heteroatoms. The first-order chi connectivity index (χ1) is 18.4.